The summed E-state index contributed by atoms with van der Waals surface area (Å²) in [6.07, 6.45) is 0. The fraction of sp³-hybridized carbons (Fsp3) is 0.182. The van der Waals surface area contributed by atoms with Gasteiger partial charge in [-0.3, -0.25) is 0 Å². The first-order valence-corrected chi connectivity index (χ1v) is 6.31. The number of aromatic nitrogens is 2. The number of nitrogens with one attached hydrogen (secondary N) is 1. The van der Waals surface area contributed by atoms with Crippen LogP contribution >= 0.6 is 23.6 Å². The van der Waals surface area contributed by atoms with Gasteiger partial charge in [-0.25, -0.2) is 9.97 Å². The maximum Gasteiger partial charge on any atom is 0.188 e. The highest BCUT2D eigenvalue weighted by Gasteiger charge is 2.04. The lowest BCUT2D eigenvalue weighted by atomic mass is 10.2. The van der Waals surface area contributed by atoms with Crippen molar-refractivity contribution >= 4 is 39.5 Å². The molecule has 2 rings (SSSR count). The van der Waals surface area contributed by atoms with Gasteiger partial charge in [0.25, 0.3) is 0 Å². The third-order valence-electron chi connectivity index (χ3n) is 2.09. The normalized spacial score (nSPS) is 10.2. The zero-order chi connectivity index (χ0) is 12.4. The van der Waals surface area contributed by atoms with Crippen LogP contribution in [0.2, 0.25) is 0 Å². The molecular weight excluding hydrogens is 252 g/mol. The molecule has 3 N–H and O–H groups in total. The van der Waals surface area contributed by atoms with Gasteiger partial charge in [0.05, 0.1) is 5.69 Å². The SMILES string of the molecule is Cc1cc(C(N)=S)cc(Nc2nc(C)cs2)n1. The Morgan fingerprint density at radius 3 is 2.65 bits per heavy atom. The van der Waals surface area contributed by atoms with Crippen LogP contribution in [0, 0.1) is 13.8 Å². The van der Waals surface area contributed by atoms with E-state index < -0.39 is 0 Å². The molecule has 6 heteroatoms. The molecule has 88 valence electrons. The largest absolute Gasteiger partial charge is 0.389 e. The van der Waals surface area contributed by atoms with Crippen molar-refractivity contribution in [3.05, 3.63) is 34.5 Å². The monoisotopic (exact) mass is 264 g/mol. The number of hydrogen-bond donors (Lipinski definition) is 2. The summed E-state index contributed by atoms with van der Waals surface area (Å²) in [7, 11) is 0. The van der Waals surface area contributed by atoms with Crippen LogP contribution in [0.15, 0.2) is 17.5 Å². The number of thiazole rings is 1. The van der Waals surface area contributed by atoms with Gasteiger partial charge in [-0.15, -0.1) is 11.3 Å². The van der Waals surface area contributed by atoms with Crippen LogP contribution in [0.4, 0.5) is 10.9 Å². The molecule has 0 unspecified atom stereocenters. The van der Waals surface area contributed by atoms with E-state index in [9.17, 15) is 0 Å². The summed E-state index contributed by atoms with van der Waals surface area (Å²) in [5.74, 6) is 0.710. The molecule has 0 bridgehead atoms. The van der Waals surface area contributed by atoms with Crippen molar-refractivity contribution in [2.45, 2.75) is 13.8 Å². The Hall–Kier alpha value is -1.53. The van der Waals surface area contributed by atoms with E-state index in [0.29, 0.717) is 10.8 Å². The van der Waals surface area contributed by atoms with Crippen LogP contribution in [0.5, 0.6) is 0 Å². The fourth-order valence-electron chi connectivity index (χ4n) is 1.40. The molecule has 0 atom stereocenters. The van der Waals surface area contributed by atoms with Crippen molar-refractivity contribution in [1.82, 2.24) is 9.97 Å². The number of rotatable bonds is 3. The maximum absolute atomic E-state index is 5.61. The summed E-state index contributed by atoms with van der Waals surface area (Å²) >= 11 is 6.50. The van der Waals surface area contributed by atoms with Crippen LogP contribution in [0.1, 0.15) is 17.0 Å². The zero-order valence-electron chi connectivity index (χ0n) is 9.52. The summed E-state index contributed by atoms with van der Waals surface area (Å²) in [5, 5.41) is 5.94. The van der Waals surface area contributed by atoms with Crippen molar-refractivity contribution in [3.8, 4) is 0 Å². The van der Waals surface area contributed by atoms with E-state index in [1.807, 2.05) is 31.4 Å². The third kappa shape index (κ3) is 2.98. The minimum Gasteiger partial charge on any atom is -0.389 e. The molecule has 17 heavy (non-hydrogen) atoms. The lowest BCUT2D eigenvalue weighted by Gasteiger charge is -2.06. The first-order valence-electron chi connectivity index (χ1n) is 5.02. The molecule has 0 aliphatic carbocycles. The molecule has 0 radical (unpaired) electrons. The Morgan fingerprint density at radius 2 is 2.06 bits per heavy atom. The van der Waals surface area contributed by atoms with Gasteiger partial charge >= 0.3 is 0 Å². The van der Waals surface area contributed by atoms with E-state index in [1.54, 1.807) is 0 Å². The molecule has 0 spiro atoms. The maximum atomic E-state index is 5.61. The minimum atomic E-state index is 0.369. The highest BCUT2D eigenvalue weighted by atomic mass is 32.1. The molecule has 0 aromatic carbocycles. The summed E-state index contributed by atoms with van der Waals surface area (Å²) in [5.41, 5.74) is 8.27. The van der Waals surface area contributed by atoms with E-state index in [4.69, 9.17) is 18.0 Å². The number of aryl methyl sites for hydroxylation is 2. The summed E-state index contributed by atoms with van der Waals surface area (Å²) in [6.45, 7) is 3.85. The van der Waals surface area contributed by atoms with Gasteiger partial charge in [0, 0.05) is 16.6 Å². The third-order valence-corrected chi connectivity index (χ3v) is 3.20. The van der Waals surface area contributed by atoms with Gasteiger partial charge in [0.2, 0.25) is 0 Å². The predicted molar refractivity (Wildman–Crippen MR) is 75.0 cm³/mol. The number of hydrogen-bond acceptors (Lipinski definition) is 5. The molecule has 0 saturated carbocycles. The average Bonchev–Trinajstić information content (AvgIpc) is 2.63. The number of pyridine rings is 1. The van der Waals surface area contributed by atoms with Gasteiger partial charge in [0.15, 0.2) is 5.13 Å². The predicted octanol–water partition coefficient (Wildman–Crippen LogP) is 2.53. The van der Waals surface area contributed by atoms with Crippen molar-refractivity contribution in [2.75, 3.05) is 5.32 Å². The van der Waals surface area contributed by atoms with Crippen molar-refractivity contribution in [3.63, 3.8) is 0 Å². The second kappa shape index (κ2) is 4.77. The molecule has 2 aromatic heterocycles. The topological polar surface area (TPSA) is 63.8 Å². The van der Waals surface area contributed by atoms with Gasteiger partial charge in [-0.05, 0) is 26.0 Å². The van der Waals surface area contributed by atoms with Gasteiger partial charge in [0.1, 0.15) is 10.8 Å². The molecule has 0 aliphatic rings. The lowest BCUT2D eigenvalue weighted by molar-refractivity contribution is 1.18. The Kier molecular flexibility index (Phi) is 3.35. The fourth-order valence-corrected chi connectivity index (χ4v) is 2.21. The average molecular weight is 264 g/mol. The molecule has 0 fully saturated rings. The van der Waals surface area contributed by atoms with Crippen LogP contribution in [-0.4, -0.2) is 15.0 Å². The molecule has 2 aromatic rings. The standard InChI is InChI=1S/C11H12N4S2/c1-6-3-8(10(12)16)4-9(13-6)15-11-14-7(2)5-17-11/h3-5H,1-2H3,(H2,12,16)(H,13,14,15). The van der Waals surface area contributed by atoms with E-state index in [1.165, 1.54) is 11.3 Å². The van der Waals surface area contributed by atoms with Crippen molar-refractivity contribution in [2.24, 2.45) is 5.73 Å². The zero-order valence-corrected chi connectivity index (χ0v) is 11.2. The van der Waals surface area contributed by atoms with Crippen LogP contribution in [0.25, 0.3) is 0 Å². The lowest BCUT2D eigenvalue weighted by Crippen LogP contribution is -2.10. The van der Waals surface area contributed by atoms with Crippen molar-refractivity contribution in [1.29, 1.82) is 0 Å². The van der Waals surface area contributed by atoms with Gasteiger partial charge < -0.3 is 11.1 Å². The van der Waals surface area contributed by atoms with E-state index in [0.717, 1.165) is 22.1 Å². The first kappa shape index (κ1) is 11.9. The van der Waals surface area contributed by atoms with Crippen LogP contribution in [-0.2, 0) is 0 Å². The van der Waals surface area contributed by atoms with E-state index in [-0.39, 0.29) is 0 Å². The van der Waals surface area contributed by atoms with Gasteiger partial charge in [-0.1, -0.05) is 12.2 Å². The quantitative estimate of drug-likeness (QED) is 0.834. The molecule has 2 heterocycles. The Labute approximate surface area is 109 Å². The van der Waals surface area contributed by atoms with Crippen LogP contribution in [0.3, 0.4) is 0 Å². The molecule has 0 amide bonds. The Morgan fingerprint density at radius 1 is 1.29 bits per heavy atom. The second-order valence-electron chi connectivity index (χ2n) is 3.67. The van der Waals surface area contributed by atoms with E-state index >= 15 is 0 Å². The number of thiocarbonyl (C=S) groups is 1. The Bertz CT molecular complexity index is 562. The van der Waals surface area contributed by atoms with Crippen LogP contribution < -0.4 is 11.1 Å². The molecule has 4 nitrogen and oxygen atoms in total. The summed E-state index contributed by atoms with van der Waals surface area (Å²) < 4.78 is 0. The van der Waals surface area contributed by atoms with Crippen molar-refractivity contribution < 1.29 is 0 Å². The molecule has 0 saturated heterocycles. The summed E-state index contributed by atoms with van der Waals surface area (Å²) in [6, 6.07) is 3.69. The molecular formula is C11H12N4S2. The highest BCUT2D eigenvalue weighted by Crippen LogP contribution is 2.20. The second-order valence-corrected chi connectivity index (χ2v) is 4.96. The smallest absolute Gasteiger partial charge is 0.188 e. The highest BCUT2D eigenvalue weighted by molar-refractivity contribution is 7.80. The number of anilines is 2. The number of nitrogens with zero attached hydrogens (tertiary/aromatic N) is 2. The summed E-state index contributed by atoms with van der Waals surface area (Å²) in [4.78, 5) is 9.04. The minimum absolute atomic E-state index is 0.369. The Balaban J connectivity index is 2.29. The van der Waals surface area contributed by atoms with E-state index in [2.05, 4.69) is 15.3 Å². The van der Waals surface area contributed by atoms with Gasteiger partial charge in [-0.2, -0.15) is 0 Å². The number of nitrogens with two attached hydrogens (primary N) is 1. The molecule has 0 aliphatic heterocycles. The first-order chi connectivity index (χ1) is 8.04.